The summed E-state index contributed by atoms with van der Waals surface area (Å²) in [6.45, 7) is 2.01. The molecular formula is C5H13AuO2SSi. The van der Waals surface area contributed by atoms with Crippen LogP contribution in [0.25, 0.3) is 0 Å². The molecule has 0 N–H and O–H groups in total. The number of hydrogen-bond acceptors (Lipinski definition) is 3. The van der Waals surface area contributed by atoms with Crippen LogP contribution in [0.4, 0.5) is 0 Å². The van der Waals surface area contributed by atoms with E-state index >= 15 is 0 Å². The van der Waals surface area contributed by atoms with Gasteiger partial charge in [0.1, 0.15) is 0 Å². The van der Waals surface area contributed by atoms with Gasteiger partial charge in [-0.2, -0.15) is 5.75 Å². The molecule has 0 fully saturated rings. The molecule has 0 saturated heterocycles. The van der Waals surface area contributed by atoms with E-state index in [9.17, 15) is 0 Å². The fraction of sp³-hybridized carbons (Fsp3) is 1.00. The minimum Gasteiger partial charge on any atom is -0.793 e. The van der Waals surface area contributed by atoms with E-state index in [0.29, 0.717) is 0 Å². The van der Waals surface area contributed by atoms with Crippen molar-refractivity contribution in [3.8, 4) is 0 Å². The first-order chi connectivity index (χ1) is 4.18. The largest absolute Gasteiger partial charge is 1.00 e. The van der Waals surface area contributed by atoms with Crippen LogP contribution in [0.5, 0.6) is 0 Å². The summed E-state index contributed by atoms with van der Waals surface area (Å²) < 4.78 is 10.4. The van der Waals surface area contributed by atoms with Gasteiger partial charge in [-0.25, -0.2) is 0 Å². The molecule has 0 bridgehead atoms. The Balaban J connectivity index is 0. The molecule has 0 radical (unpaired) electrons. The fourth-order valence-electron chi connectivity index (χ4n) is 0.473. The molecular weight excluding hydrogens is 349 g/mol. The third-order valence-corrected chi connectivity index (χ3v) is 4.87. The van der Waals surface area contributed by atoms with Crippen LogP contribution < -0.4 is 0 Å². The Bertz CT molecular complexity index is 80.0. The first-order valence-electron chi connectivity index (χ1n) is 2.87. The van der Waals surface area contributed by atoms with E-state index in [1.807, 2.05) is 6.55 Å². The van der Waals surface area contributed by atoms with Crippen molar-refractivity contribution in [2.75, 3.05) is 20.0 Å². The summed E-state index contributed by atoms with van der Waals surface area (Å²) >= 11 is 4.81. The molecule has 0 unspecified atom stereocenters. The van der Waals surface area contributed by atoms with Gasteiger partial charge in [-0.05, 0) is 12.6 Å². The number of rotatable bonds is 4. The molecule has 10 heavy (non-hydrogen) atoms. The maximum absolute atomic E-state index is 5.18. The van der Waals surface area contributed by atoms with Gasteiger partial charge >= 0.3 is 30.9 Å². The average molecular weight is 362 g/mol. The molecule has 0 aromatic heterocycles. The predicted molar refractivity (Wildman–Crippen MR) is 42.7 cm³/mol. The normalized spacial score (nSPS) is 10.8. The van der Waals surface area contributed by atoms with Gasteiger partial charge in [0.2, 0.25) is 0 Å². The molecule has 0 aliphatic rings. The van der Waals surface area contributed by atoms with Crippen molar-refractivity contribution in [1.29, 1.82) is 0 Å². The minimum atomic E-state index is -1.80. The molecule has 0 saturated carbocycles. The van der Waals surface area contributed by atoms with Gasteiger partial charge in [0, 0.05) is 14.2 Å². The van der Waals surface area contributed by atoms with Crippen LogP contribution in [0.15, 0.2) is 0 Å². The third kappa shape index (κ3) is 4.95. The van der Waals surface area contributed by atoms with E-state index in [2.05, 4.69) is 0 Å². The Morgan fingerprint density at radius 2 is 1.70 bits per heavy atom. The van der Waals surface area contributed by atoms with Crippen molar-refractivity contribution in [3.63, 3.8) is 0 Å². The zero-order chi connectivity index (χ0) is 7.33. The maximum Gasteiger partial charge on any atom is 1.00 e. The zero-order valence-corrected chi connectivity index (χ0v) is 10.4. The van der Waals surface area contributed by atoms with Gasteiger partial charge in [0.15, 0.2) is 0 Å². The molecule has 0 amide bonds. The van der Waals surface area contributed by atoms with Crippen LogP contribution >= 0.6 is 0 Å². The van der Waals surface area contributed by atoms with Crippen molar-refractivity contribution >= 4 is 21.2 Å². The summed E-state index contributed by atoms with van der Waals surface area (Å²) in [5.74, 6) is 0.727. The van der Waals surface area contributed by atoms with Crippen molar-refractivity contribution in [1.82, 2.24) is 0 Å². The second kappa shape index (κ2) is 6.91. The maximum atomic E-state index is 5.18. The molecule has 0 heterocycles. The van der Waals surface area contributed by atoms with Crippen molar-refractivity contribution in [3.05, 3.63) is 0 Å². The predicted octanol–water partition coefficient (Wildman–Crippen LogP) is 0.896. The molecule has 0 aliphatic carbocycles. The summed E-state index contributed by atoms with van der Waals surface area (Å²) in [7, 11) is 1.56. The second-order valence-electron chi connectivity index (χ2n) is 2.00. The quantitative estimate of drug-likeness (QED) is 0.547. The molecule has 0 aromatic carbocycles. The van der Waals surface area contributed by atoms with Crippen molar-refractivity contribution < 1.29 is 31.2 Å². The first kappa shape index (κ1) is 13.8. The standard InChI is InChI=1S/C5H14O2SSi.Au/c1-6-9(3,7-2)5-4-8;/h8H,4-5H2,1-3H3;/q;+1/p-1. The van der Waals surface area contributed by atoms with Gasteiger partial charge in [-0.15, -0.1) is 0 Å². The second-order valence-corrected chi connectivity index (χ2v) is 5.99. The topological polar surface area (TPSA) is 18.5 Å². The van der Waals surface area contributed by atoms with Crippen LogP contribution in [0, 0.1) is 0 Å². The van der Waals surface area contributed by atoms with Crippen LogP contribution in [-0.4, -0.2) is 28.5 Å². The SMILES string of the molecule is CO[Si](C)(CC[S-])OC.[Au+]. The summed E-state index contributed by atoms with van der Waals surface area (Å²) in [4.78, 5) is 0. The smallest absolute Gasteiger partial charge is 0.793 e. The van der Waals surface area contributed by atoms with E-state index < -0.39 is 8.56 Å². The third-order valence-electron chi connectivity index (χ3n) is 1.42. The van der Waals surface area contributed by atoms with Crippen LogP contribution in [0.2, 0.25) is 12.6 Å². The molecule has 0 atom stereocenters. The van der Waals surface area contributed by atoms with E-state index in [1.165, 1.54) is 0 Å². The van der Waals surface area contributed by atoms with E-state index in [4.69, 9.17) is 21.5 Å². The molecule has 0 aliphatic heterocycles. The molecule has 0 spiro atoms. The number of hydrogen-bond donors (Lipinski definition) is 0. The summed E-state index contributed by atoms with van der Waals surface area (Å²) in [6.07, 6.45) is 0. The minimum absolute atomic E-state index is 0. The van der Waals surface area contributed by atoms with E-state index in [0.717, 1.165) is 11.8 Å². The van der Waals surface area contributed by atoms with Gasteiger partial charge in [0.25, 0.3) is 0 Å². The van der Waals surface area contributed by atoms with Crippen molar-refractivity contribution in [2.45, 2.75) is 12.6 Å². The first-order valence-corrected chi connectivity index (χ1v) is 5.97. The Kier molecular flexibility index (Phi) is 9.53. The summed E-state index contributed by atoms with van der Waals surface area (Å²) in [6, 6.07) is 0.898. The molecule has 0 rings (SSSR count). The van der Waals surface area contributed by atoms with Crippen LogP contribution in [0.1, 0.15) is 0 Å². The molecule has 0 aromatic rings. The Hall–Kier alpha value is 1.23. The van der Waals surface area contributed by atoms with Crippen molar-refractivity contribution in [2.24, 2.45) is 0 Å². The van der Waals surface area contributed by atoms with E-state index in [1.54, 1.807) is 14.2 Å². The van der Waals surface area contributed by atoms with Crippen LogP contribution in [-0.2, 0) is 43.9 Å². The summed E-state index contributed by atoms with van der Waals surface area (Å²) in [5, 5.41) is 0. The molecule has 5 heteroatoms. The van der Waals surface area contributed by atoms with Gasteiger partial charge in [-0.3, -0.25) is 0 Å². The zero-order valence-electron chi connectivity index (χ0n) is 6.44. The molecule has 2 nitrogen and oxygen atoms in total. The Morgan fingerprint density at radius 1 is 1.30 bits per heavy atom. The average Bonchev–Trinajstić information content (AvgIpc) is 1.89. The monoisotopic (exact) mass is 362 g/mol. The van der Waals surface area contributed by atoms with Crippen LogP contribution in [0.3, 0.4) is 0 Å². The summed E-state index contributed by atoms with van der Waals surface area (Å²) in [5.41, 5.74) is 0. The molecule has 66 valence electrons. The van der Waals surface area contributed by atoms with Gasteiger partial charge < -0.3 is 21.5 Å². The van der Waals surface area contributed by atoms with E-state index in [-0.39, 0.29) is 22.4 Å². The Morgan fingerprint density at radius 3 is 1.80 bits per heavy atom. The van der Waals surface area contributed by atoms with Gasteiger partial charge in [0.05, 0.1) is 0 Å². The Labute approximate surface area is 84.8 Å². The van der Waals surface area contributed by atoms with Gasteiger partial charge in [-0.1, -0.05) is 0 Å². The fourth-order valence-corrected chi connectivity index (χ4v) is 2.53.